The minimum absolute atomic E-state index is 0.298. The summed E-state index contributed by atoms with van der Waals surface area (Å²) in [6, 6.07) is 5.90. The van der Waals surface area contributed by atoms with Crippen molar-refractivity contribution in [2.24, 2.45) is 0 Å². The number of benzene rings is 1. The second-order valence-corrected chi connectivity index (χ2v) is 3.97. The van der Waals surface area contributed by atoms with Crippen LogP contribution in [0.15, 0.2) is 18.2 Å². The molecule has 1 aromatic carbocycles. The first-order chi connectivity index (χ1) is 6.68. The van der Waals surface area contributed by atoms with Gasteiger partial charge in [0.15, 0.2) is 0 Å². The first kappa shape index (κ1) is 9.53. The Labute approximate surface area is 84.5 Å². The summed E-state index contributed by atoms with van der Waals surface area (Å²) in [5.41, 5.74) is 2.19. The lowest BCUT2D eigenvalue weighted by Gasteiger charge is -2.25. The zero-order valence-corrected chi connectivity index (χ0v) is 8.66. The number of aliphatic hydroxyl groups excluding tert-OH is 1. The minimum atomic E-state index is -0.401. The van der Waals surface area contributed by atoms with Crippen LogP contribution < -0.4 is 4.74 Å². The van der Waals surface area contributed by atoms with E-state index in [1.807, 2.05) is 18.2 Å². The summed E-state index contributed by atoms with van der Waals surface area (Å²) < 4.78 is 5.71. The highest BCUT2D eigenvalue weighted by molar-refractivity contribution is 5.42. The van der Waals surface area contributed by atoms with Gasteiger partial charge in [0, 0.05) is 5.56 Å². The minimum Gasteiger partial charge on any atom is -0.490 e. The molecular formula is C12H16O2. The van der Waals surface area contributed by atoms with E-state index in [2.05, 4.69) is 6.92 Å². The number of aliphatic hydroxyl groups is 1. The molecule has 1 heterocycles. The summed E-state index contributed by atoms with van der Waals surface area (Å²) in [7, 11) is 0. The van der Waals surface area contributed by atoms with Crippen molar-refractivity contribution in [2.45, 2.75) is 38.9 Å². The van der Waals surface area contributed by atoms with Gasteiger partial charge < -0.3 is 9.84 Å². The van der Waals surface area contributed by atoms with Gasteiger partial charge in [-0.25, -0.2) is 0 Å². The summed E-state index contributed by atoms with van der Waals surface area (Å²) in [6.45, 7) is 3.88. The van der Waals surface area contributed by atoms with E-state index in [1.54, 1.807) is 6.92 Å². The molecule has 1 aliphatic heterocycles. The third-order valence-corrected chi connectivity index (χ3v) is 2.75. The molecule has 0 spiro atoms. The molecule has 0 aliphatic carbocycles. The van der Waals surface area contributed by atoms with E-state index in [9.17, 15) is 5.11 Å². The monoisotopic (exact) mass is 192 g/mol. The van der Waals surface area contributed by atoms with Crippen LogP contribution in [-0.4, -0.2) is 11.2 Å². The van der Waals surface area contributed by atoms with Crippen molar-refractivity contribution in [3.63, 3.8) is 0 Å². The smallest absolute Gasteiger partial charge is 0.123 e. The Bertz CT molecular complexity index is 331. The van der Waals surface area contributed by atoms with E-state index in [-0.39, 0.29) is 0 Å². The fourth-order valence-corrected chi connectivity index (χ4v) is 1.98. The normalized spacial score (nSPS) is 22.4. The Morgan fingerprint density at radius 2 is 2.29 bits per heavy atom. The van der Waals surface area contributed by atoms with E-state index in [4.69, 9.17) is 4.74 Å². The third-order valence-electron chi connectivity index (χ3n) is 2.75. The molecule has 0 radical (unpaired) electrons. The molecule has 2 atom stereocenters. The Balaban J connectivity index is 2.41. The van der Waals surface area contributed by atoms with Gasteiger partial charge in [-0.2, -0.15) is 0 Å². The van der Waals surface area contributed by atoms with E-state index in [1.165, 1.54) is 5.56 Å². The number of ether oxygens (including phenoxy) is 1. The molecule has 2 rings (SSSR count). The van der Waals surface area contributed by atoms with Crippen LogP contribution in [0.4, 0.5) is 0 Å². The lowest BCUT2D eigenvalue weighted by molar-refractivity contribution is 0.178. The highest BCUT2D eigenvalue weighted by Gasteiger charge is 2.19. The van der Waals surface area contributed by atoms with E-state index >= 15 is 0 Å². The largest absolute Gasteiger partial charge is 0.490 e. The van der Waals surface area contributed by atoms with Crippen LogP contribution in [0.2, 0.25) is 0 Å². The molecule has 0 aromatic heterocycles. The van der Waals surface area contributed by atoms with Crippen molar-refractivity contribution < 1.29 is 9.84 Å². The fraction of sp³-hybridized carbons (Fsp3) is 0.500. The number of hydrogen-bond donors (Lipinski definition) is 1. The Morgan fingerprint density at radius 3 is 3.00 bits per heavy atom. The maximum absolute atomic E-state index is 9.59. The molecule has 2 unspecified atom stereocenters. The van der Waals surface area contributed by atoms with Crippen LogP contribution in [-0.2, 0) is 6.42 Å². The average molecular weight is 192 g/mol. The molecule has 2 nitrogen and oxygen atoms in total. The van der Waals surface area contributed by atoms with Crippen molar-refractivity contribution in [3.05, 3.63) is 29.3 Å². The number of hydrogen-bond acceptors (Lipinski definition) is 2. The van der Waals surface area contributed by atoms with Crippen molar-refractivity contribution in [1.29, 1.82) is 0 Å². The first-order valence-corrected chi connectivity index (χ1v) is 5.15. The molecule has 0 saturated heterocycles. The summed E-state index contributed by atoms with van der Waals surface area (Å²) in [4.78, 5) is 0. The van der Waals surface area contributed by atoms with Gasteiger partial charge in [0.25, 0.3) is 0 Å². The maximum Gasteiger partial charge on any atom is 0.123 e. The molecule has 1 N–H and O–H groups in total. The van der Waals surface area contributed by atoms with Crippen LogP contribution in [0.5, 0.6) is 5.75 Å². The van der Waals surface area contributed by atoms with E-state index in [0.29, 0.717) is 6.10 Å². The summed E-state index contributed by atoms with van der Waals surface area (Å²) >= 11 is 0. The fourth-order valence-electron chi connectivity index (χ4n) is 1.98. The van der Waals surface area contributed by atoms with Gasteiger partial charge in [0.05, 0.1) is 12.2 Å². The second kappa shape index (κ2) is 3.62. The van der Waals surface area contributed by atoms with Crippen molar-refractivity contribution in [2.75, 3.05) is 0 Å². The highest BCUT2D eigenvalue weighted by Crippen LogP contribution is 2.32. The summed E-state index contributed by atoms with van der Waals surface area (Å²) in [6.07, 6.45) is 1.95. The van der Waals surface area contributed by atoms with E-state index in [0.717, 1.165) is 24.2 Å². The SMILES string of the molecule is CC1CCc2c(cccc2C(C)O)O1. The van der Waals surface area contributed by atoms with Gasteiger partial charge in [-0.05, 0) is 38.3 Å². The predicted molar refractivity (Wildman–Crippen MR) is 55.5 cm³/mol. The summed E-state index contributed by atoms with van der Waals surface area (Å²) in [5.74, 6) is 0.946. The van der Waals surface area contributed by atoms with Gasteiger partial charge in [0.1, 0.15) is 5.75 Å². The third kappa shape index (κ3) is 1.62. The Morgan fingerprint density at radius 1 is 1.50 bits per heavy atom. The van der Waals surface area contributed by atoms with E-state index < -0.39 is 6.10 Å². The molecule has 76 valence electrons. The average Bonchev–Trinajstić information content (AvgIpc) is 2.16. The zero-order valence-electron chi connectivity index (χ0n) is 8.66. The first-order valence-electron chi connectivity index (χ1n) is 5.15. The maximum atomic E-state index is 9.59. The molecule has 0 saturated carbocycles. The van der Waals surface area contributed by atoms with Gasteiger partial charge in [0.2, 0.25) is 0 Å². The number of rotatable bonds is 1. The molecular weight excluding hydrogens is 176 g/mol. The van der Waals surface area contributed by atoms with Gasteiger partial charge in [-0.1, -0.05) is 12.1 Å². The molecule has 2 heteroatoms. The molecule has 0 bridgehead atoms. The van der Waals surface area contributed by atoms with Gasteiger partial charge >= 0.3 is 0 Å². The second-order valence-electron chi connectivity index (χ2n) is 3.97. The lowest BCUT2D eigenvalue weighted by atomic mass is 9.95. The number of fused-ring (bicyclic) bond motifs is 1. The van der Waals surface area contributed by atoms with Crippen molar-refractivity contribution >= 4 is 0 Å². The predicted octanol–water partition coefficient (Wildman–Crippen LogP) is 2.45. The van der Waals surface area contributed by atoms with Crippen LogP contribution >= 0.6 is 0 Å². The van der Waals surface area contributed by atoms with Crippen LogP contribution in [0.3, 0.4) is 0 Å². The van der Waals surface area contributed by atoms with Crippen molar-refractivity contribution in [1.82, 2.24) is 0 Å². The van der Waals surface area contributed by atoms with Crippen LogP contribution in [0.25, 0.3) is 0 Å². The molecule has 0 fully saturated rings. The van der Waals surface area contributed by atoms with Crippen molar-refractivity contribution in [3.8, 4) is 5.75 Å². The Kier molecular flexibility index (Phi) is 2.46. The molecule has 0 amide bonds. The Hall–Kier alpha value is -1.02. The summed E-state index contributed by atoms with van der Waals surface area (Å²) in [5, 5.41) is 9.59. The lowest BCUT2D eigenvalue weighted by Crippen LogP contribution is -2.20. The van der Waals surface area contributed by atoms with Crippen LogP contribution in [0.1, 0.15) is 37.5 Å². The topological polar surface area (TPSA) is 29.5 Å². The molecule has 1 aromatic rings. The van der Waals surface area contributed by atoms with Gasteiger partial charge in [-0.15, -0.1) is 0 Å². The van der Waals surface area contributed by atoms with Gasteiger partial charge in [-0.3, -0.25) is 0 Å². The molecule has 14 heavy (non-hydrogen) atoms. The standard InChI is InChI=1S/C12H16O2/c1-8-6-7-11-10(9(2)13)4-3-5-12(11)14-8/h3-5,8-9,13H,6-7H2,1-2H3. The van der Waals surface area contributed by atoms with Crippen LogP contribution in [0, 0.1) is 0 Å². The zero-order chi connectivity index (χ0) is 10.1. The molecule has 1 aliphatic rings. The quantitative estimate of drug-likeness (QED) is 0.740. The highest BCUT2D eigenvalue weighted by atomic mass is 16.5.